The van der Waals surface area contributed by atoms with Crippen molar-refractivity contribution in [1.29, 1.82) is 0 Å². The van der Waals surface area contributed by atoms with E-state index < -0.39 is 4.92 Å². The third-order valence-electron chi connectivity index (χ3n) is 4.55. The SMILES string of the molecule is O=C(Cn1c(=O)ccc2cc([N+](=O)[O-])ccc21)Nc1cccc2ccccc12. The fourth-order valence-corrected chi connectivity index (χ4v) is 3.24. The molecule has 0 atom stereocenters. The second kappa shape index (κ2) is 6.96. The Labute approximate surface area is 159 Å². The summed E-state index contributed by atoms with van der Waals surface area (Å²) >= 11 is 0. The van der Waals surface area contributed by atoms with E-state index in [0.29, 0.717) is 16.6 Å². The first-order valence-electron chi connectivity index (χ1n) is 8.58. The van der Waals surface area contributed by atoms with Gasteiger partial charge in [0.15, 0.2) is 0 Å². The molecule has 0 unspecified atom stereocenters. The first-order valence-corrected chi connectivity index (χ1v) is 8.58. The number of fused-ring (bicyclic) bond motifs is 2. The summed E-state index contributed by atoms with van der Waals surface area (Å²) < 4.78 is 1.31. The zero-order valence-corrected chi connectivity index (χ0v) is 14.7. The molecule has 0 saturated heterocycles. The standard InChI is InChI=1S/C21H15N3O4/c25-20(22-18-7-3-5-14-4-1-2-6-17(14)18)13-23-19-10-9-16(24(27)28)12-15(19)8-11-21(23)26/h1-12H,13H2,(H,22,25). The molecule has 0 aliphatic heterocycles. The Morgan fingerprint density at radius 3 is 2.57 bits per heavy atom. The lowest BCUT2D eigenvalue weighted by Gasteiger charge is -2.12. The van der Waals surface area contributed by atoms with Crippen LogP contribution in [0.2, 0.25) is 0 Å². The molecule has 0 aliphatic carbocycles. The third-order valence-corrected chi connectivity index (χ3v) is 4.55. The average Bonchev–Trinajstić information content (AvgIpc) is 2.70. The fourth-order valence-electron chi connectivity index (χ4n) is 3.24. The maximum Gasteiger partial charge on any atom is 0.270 e. The second-order valence-corrected chi connectivity index (χ2v) is 6.33. The summed E-state index contributed by atoms with van der Waals surface area (Å²) in [7, 11) is 0. The van der Waals surface area contributed by atoms with E-state index in [1.165, 1.54) is 34.9 Å². The highest BCUT2D eigenvalue weighted by molar-refractivity contribution is 6.02. The normalized spacial score (nSPS) is 10.9. The molecule has 4 rings (SSSR count). The van der Waals surface area contributed by atoms with Crippen molar-refractivity contribution in [2.24, 2.45) is 0 Å². The van der Waals surface area contributed by atoms with Gasteiger partial charge in [-0.2, -0.15) is 0 Å². The zero-order valence-electron chi connectivity index (χ0n) is 14.7. The first-order chi connectivity index (χ1) is 13.5. The van der Waals surface area contributed by atoms with Crippen LogP contribution in [0.4, 0.5) is 11.4 Å². The van der Waals surface area contributed by atoms with E-state index in [1.807, 2.05) is 36.4 Å². The number of aromatic nitrogens is 1. The summed E-state index contributed by atoms with van der Waals surface area (Å²) in [5, 5.41) is 16.2. The van der Waals surface area contributed by atoms with Crippen molar-refractivity contribution in [3.05, 3.63) is 93.3 Å². The van der Waals surface area contributed by atoms with Crippen molar-refractivity contribution in [3.63, 3.8) is 0 Å². The Morgan fingerprint density at radius 1 is 0.964 bits per heavy atom. The van der Waals surface area contributed by atoms with Gasteiger partial charge < -0.3 is 5.32 Å². The minimum absolute atomic E-state index is 0.0714. The number of nitrogens with one attached hydrogen (secondary N) is 1. The number of rotatable bonds is 4. The van der Waals surface area contributed by atoms with Crippen LogP contribution in [-0.4, -0.2) is 15.4 Å². The van der Waals surface area contributed by atoms with Crippen LogP contribution in [0.15, 0.2) is 77.6 Å². The number of nitro benzene ring substituents is 1. The molecule has 0 bridgehead atoms. The van der Waals surface area contributed by atoms with Gasteiger partial charge in [0, 0.05) is 34.7 Å². The highest BCUT2D eigenvalue weighted by atomic mass is 16.6. The predicted octanol–water partition coefficient (Wildman–Crippen LogP) is 3.70. The number of nitro groups is 1. The Kier molecular flexibility index (Phi) is 4.33. The maximum absolute atomic E-state index is 12.6. The van der Waals surface area contributed by atoms with Crippen molar-refractivity contribution in [2.45, 2.75) is 6.54 Å². The van der Waals surface area contributed by atoms with Gasteiger partial charge in [0.2, 0.25) is 5.91 Å². The number of carbonyl (C=O) groups excluding carboxylic acids is 1. The Balaban J connectivity index is 1.67. The molecule has 7 heteroatoms. The summed E-state index contributed by atoms with van der Waals surface area (Å²) in [6.45, 7) is -0.197. The lowest BCUT2D eigenvalue weighted by molar-refractivity contribution is -0.384. The third kappa shape index (κ3) is 3.21. The number of amides is 1. The summed E-state index contributed by atoms with van der Waals surface area (Å²) in [6, 6.07) is 20.3. The van der Waals surface area contributed by atoms with Gasteiger partial charge in [-0.1, -0.05) is 36.4 Å². The summed E-state index contributed by atoms with van der Waals surface area (Å²) in [5.74, 6) is -0.357. The van der Waals surface area contributed by atoms with Crippen LogP contribution in [0, 0.1) is 10.1 Å². The Bertz CT molecular complexity index is 1290. The average molecular weight is 373 g/mol. The molecule has 0 spiro atoms. The van der Waals surface area contributed by atoms with Gasteiger partial charge in [-0.15, -0.1) is 0 Å². The van der Waals surface area contributed by atoms with E-state index in [2.05, 4.69) is 5.32 Å². The van der Waals surface area contributed by atoms with E-state index in [0.717, 1.165) is 10.8 Å². The molecule has 0 fully saturated rings. The second-order valence-electron chi connectivity index (χ2n) is 6.33. The summed E-state index contributed by atoms with van der Waals surface area (Å²) in [5.41, 5.74) is 0.700. The van der Waals surface area contributed by atoms with Gasteiger partial charge in [0.1, 0.15) is 6.54 Å². The molecule has 4 aromatic rings. The fraction of sp³-hybridized carbons (Fsp3) is 0.0476. The molecule has 0 radical (unpaired) electrons. The van der Waals surface area contributed by atoms with Crippen molar-refractivity contribution >= 4 is 39.0 Å². The van der Waals surface area contributed by atoms with Crippen molar-refractivity contribution in [2.75, 3.05) is 5.32 Å². The Morgan fingerprint density at radius 2 is 1.75 bits per heavy atom. The Hall–Kier alpha value is -4.00. The molecule has 1 heterocycles. The summed E-state index contributed by atoms with van der Waals surface area (Å²) in [6.07, 6.45) is 0. The van der Waals surface area contributed by atoms with Gasteiger partial charge in [-0.3, -0.25) is 24.3 Å². The van der Waals surface area contributed by atoms with Gasteiger partial charge in [0.25, 0.3) is 11.2 Å². The van der Waals surface area contributed by atoms with E-state index >= 15 is 0 Å². The van der Waals surface area contributed by atoms with Crippen LogP contribution >= 0.6 is 0 Å². The number of nitrogens with zero attached hydrogens (tertiary/aromatic N) is 2. The molecule has 28 heavy (non-hydrogen) atoms. The molecule has 138 valence electrons. The first kappa shape index (κ1) is 17.4. The van der Waals surface area contributed by atoms with Crippen molar-refractivity contribution in [1.82, 2.24) is 4.57 Å². The predicted molar refractivity (Wildman–Crippen MR) is 107 cm³/mol. The molecule has 0 aliphatic rings. The highest BCUT2D eigenvalue weighted by Gasteiger charge is 2.12. The molecule has 7 nitrogen and oxygen atoms in total. The molecule has 1 N–H and O–H groups in total. The van der Waals surface area contributed by atoms with Gasteiger partial charge >= 0.3 is 0 Å². The smallest absolute Gasteiger partial charge is 0.270 e. The molecular weight excluding hydrogens is 358 g/mol. The number of hydrogen-bond acceptors (Lipinski definition) is 4. The largest absolute Gasteiger partial charge is 0.324 e. The molecular formula is C21H15N3O4. The zero-order chi connectivity index (χ0) is 19.7. The van der Waals surface area contributed by atoms with Crippen LogP contribution in [0.1, 0.15) is 0 Å². The highest BCUT2D eigenvalue weighted by Crippen LogP contribution is 2.23. The molecule has 1 amide bonds. The van der Waals surface area contributed by atoms with E-state index in [1.54, 1.807) is 6.07 Å². The van der Waals surface area contributed by atoms with Crippen molar-refractivity contribution < 1.29 is 9.72 Å². The lowest BCUT2D eigenvalue weighted by atomic mass is 10.1. The van der Waals surface area contributed by atoms with E-state index in [4.69, 9.17) is 0 Å². The van der Waals surface area contributed by atoms with Gasteiger partial charge in [0.05, 0.1) is 10.4 Å². The lowest BCUT2D eigenvalue weighted by Crippen LogP contribution is -2.27. The number of hydrogen-bond donors (Lipinski definition) is 1. The van der Waals surface area contributed by atoms with Crippen molar-refractivity contribution in [3.8, 4) is 0 Å². The number of benzene rings is 3. The molecule has 1 aromatic heterocycles. The number of carbonyl (C=O) groups is 1. The quantitative estimate of drug-likeness (QED) is 0.436. The number of anilines is 1. The van der Waals surface area contributed by atoms with Crippen LogP contribution < -0.4 is 10.9 Å². The van der Waals surface area contributed by atoms with Crippen LogP contribution in [0.3, 0.4) is 0 Å². The van der Waals surface area contributed by atoms with E-state index in [9.17, 15) is 19.7 Å². The maximum atomic E-state index is 12.6. The molecule has 3 aromatic carbocycles. The van der Waals surface area contributed by atoms with Gasteiger partial charge in [-0.25, -0.2) is 0 Å². The number of non-ortho nitro benzene ring substituents is 1. The topological polar surface area (TPSA) is 94.2 Å². The number of pyridine rings is 1. The monoisotopic (exact) mass is 373 g/mol. The molecule has 0 saturated carbocycles. The minimum Gasteiger partial charge on any atom is -0.324 e. The summed E-state index contributed by atoms with van der Waals surface area (Å²) in [4.78, 5) is 35.4. The van der Waals surface area contributed by atoms with Crippen LogP contribution in [-0.2, 0) is 11.3 Å². The van der Waals surface area contributed by atoms with E-state index in [-0.39, 0.29) is 23.7 Å². The van der Waals surface area contributed by atoms with Crippen LogP contribution in [0.5, 0.6) is 0 Å². The van der Waals surface area contributed by atoms with Crippen LogP contribution in [0.25, 0.3) is 21.7 Å². The minimum atomic E-state index is -0.498. The van der Waals surface area contributed by atoms with Gasteiger partial charge in [-0.05, 0) is 23.6 Å².